The maximum absolute atomic E-state index is 12.4. The number of piperidine rings is 1. The minimum Gasteiger partial charge on any atom is -0.484 e. The zero-order chi connectivity index (χ0) is 19.1. The maximum atomic E-state index is 12.4. The van der Waals surface area contributed by atoms with Crippen LogP contribution in [0.3, 0.4) is 0 Å². The molecule has 1 heterocycles. The fraction of sp³-hybridized carbons (Fsp3) is 0.619. The van der Waals surface area contributed by atoms with Gasteiger partial charge in [-0.25, -0.2) is 0 Å². The number of carbonyl (C=O) groups excluding carboxylic acids is 2. The van der Waals surface area contributed by atoms with Gasteiger partial charge in [-0.2, -0.15) is 0 Å². The molecular formula is C21H32N2O3. The molecule has 1 aliphatic rings. The summed E-state index contributed by atoms with van der Waals surface area (Å²) < 4.78 is 5.70. The van der Waals surface area contributed by atoms with Crippen molar-refractivity contribution in [2.45, 2.75) is 59.4 Å². The van der Waals surface area contributed by atoms with Crippen LogP contribution in [0.15, 0.2) is 18.2 Å². The Morgan fingerprint density at radius 3 is 2.42 bits per heavy atom. The number of amides is 2. The average Bonchev–Trinajstić information content (AvgIpc) is 2.62. The molecule has 2 rings (SSSR count). The SMILES string of the molecule is CCC(CC)C(=O)NC1CCN(C(=O)COc2ccc(C)cc2C)CC1. The highest BCUT2D eigenvalue weighted by atomic mass is 16.5. The summed E-state index contributed by atoms with van der Waals surface area (Å²) in [5, 5.41) is 3.14. The zero-order valence-corrected chi connectivity index (χ0v) is 16.5. The van der Waals surface area contributed by atoms with Gasteiger partial charge >= 0.3 is 0 Å². The molecule has 5 heteroatoms. The van der Waals surface area contributed by atoms with E-state index in [-0.39, 0.29) is 30.4 Å². The van der Waals surface area contributed by atoms with Gasteiger partial charge in [0.15, 0.2) is 6.61 Å². The van der Waals surface area contributed by atoms with Gasteiger partial charge in [0.25, 0.3) is 5.91 Å². The molecule has 144 valence electrons. The molecule has 0 aromatic heterocycles. The molecule has 0 spiro atoms. The van der Waals surface area contributed by atoms with Gasteiger partial charge in [0.05, 0.1) is 0 Å². The normalized spacial score (nSPS) is 15.2. The van der Waals surface area contributed by atoms with Crippen molar-refractivity contribution in [3.05, 3.63) is 29.3 Å². The fourth-order valence-electron chi connectivity index (χ4n) is 3.44. The Kier molecular flexibility index (Phi) is 7.49. The Morgan fingerprint density at radius 2 is 1.85 bits per heavy atom. The Morgan fingerprint density at radius 1 is 1.19 bits per heavy atom. The molecule has 0 atom stereocenters. The number of nitrogens with one attached hydrogen (secondary N) is 1. The smallest absolute Gasteiger partial charge is 0.260 e. The van der Waals surface area contributed by atoms with Gasteiger partial charge in [-0.3, -0.25) is 9.59 Å². The van der Waals surface area contributed by atoms with Crippen LogP contribution < -0.4 is 10.1 Å². The molecule has 0 saturated carbocycles. The highest BCUT2D eigenvalue weighted by Gasteiger charge is 2.25. The van der Waals surface area contributed by atoms with Crippen molar-refractivity contribution < 1.29 is 14.3 Å². The lowest BCUT2D eigenvalue weighted by Crippen LogP contribution is -2.48. The summed E-state index contributed by atoms with van der Waals surface area (Å²) in [6.07, 6.45) is 3.35. The monoisotopic (exact) mass is 360 g/mol. The Balaban J connectivity index is 1.76. The van der Waals surface area contributed by atoms with Crippen LogP contribution in [0, 0.1) is 19.8 Å². The lowest BCUT2D eigenvalue weighted by atomic mass is 10.00. The van der Waals surface area contributed by atoms with Crippen molar-refractivity contribution in [3.8, 4) is 5.75 Å². The van der Waals surface area contributed by atoms with Gasteiger partial charge in [0.2, 0.25) is 5.91 Å². The number of ether oxygens (including phenoxy) is 1. The molecule has 0 bridgehead atoms. The van der Waals surface area contributed by atoms with Gasteiger partial charge in [-0.1, -0.05) is 31.5 Å². The molecule has 1 saturated heterocycles. The number of hydrogen-bond donors (Lipinski definition) is 1. The molecule has 5 nitrogen and oxygen atoms in total. The Hall–Kier alpha value is -2.04. The van der Waals surface area contributed by atoms with E-state index in [2.05, 4.69) is 5.32 Å². The third-order valence-electron chi connectivity index (χ3n) is 5.23. The van der Waals surface area contributed by atoms with Crippen molar-refractivity contribution in [2.75, 3.05) is 19.7 Å². The van der Waals surface area contributed by atoms with Gasteiger partial charge in [-0.15, -0.1) is 0 Å². The van der Waals surface area contributed by atoms with Crippen LogP contribution in [-0.4, -0.2) is 42.5 Å². The van der Waals surface area contributed by atoms with Gasteiger partial charge in [0.1, 0.15) is 5.75 Å². The van der Waals surface area contributed by atoms with Crippen LogP contribution >= 0.6 is 0 Å². The first kappa shape index (κ1) is 20.3. The second-order valence-corrected chi connectivity index (χ2v) is 7.23. The van der Waals surface area contributed by atoms with E-state index >= 15 is 0 Å². The lowest BCUT2D eigenvalue weighted by Gasteiger charge is -2.33. The largest absolute Gasteiger partial charge is 0.484 e. The van der Waals surface area contributed by atoms with Crippen molar-refractivity contribution >= 4 is 11.8 Å². The van der Waals surface area contributed by atoms with E-state index in [1.54, 1.807) is 0 Å². The van der Waals surface area contributed by atoms with Crippen LogP contribution in [0.5, 0.6) is 5.75 Å². The lowest BCUT2D eigenvalue weighted by molar-refractivity contribution is -0.134. The number of carbonyl (C=O) groups is 2. The maximum Gasteiger partial charge on any atom is 0.260 e. The summed E-state index contributed by atoms with van der Waals surface area (Å²) in [5.74, 6) is 1.02. The average molecular weight is 360 g/mol. The topological polar surface area (TPSA) is 58.6 Å². The van der Waals surface area contributed by atoms with Crippen LogP contribution in [0.1, 0.15) is 50.7 Å². The molecule has 0 unspecified atom stereocenters. The molecule has 1 aromatic carbocycles. The van der Waals surface area contributed by atoms with E-state index in [1.807, 2.05) is 50.8 Å². The van der Waals surface area contributed by atoms with E-state index in [4.69, 9.17) is 4.74 Å². The van der Waals surface area contributed by atoms with Crippen molar-refractivity contribution in [1.29, 1.82) is 0 Å². The summed E-state index contributed by atoms with van der Waals surface area (Å²) in [7, 11) is 0. The first-order chi connectivity index (χ1) is 12.4. The molecule has 1 fully saturated rings. The predicted octanol–water partition coefficient (Wildman–Crippen LogP) is 3.23. The molecule has 2 amide bonds. The summed E-state index contributed by atoms with van der Waals surface area (Å²) in [6.45, 7) is 9.52. The zero-order valence-electron chi connectivity index (χ0n) is 16.5. The molecule has 0 radical (unpaired) electrons. The Labute approximate surface area is 157 Å². The second kappa shape index (κ2) is 9.60. The standard InChI is InChI=1S/C21H32N2O3/c1-5-17(6-2)21(25)22-18-9-11-23(12-10-18)20(24)14-26-19-8-7-15(3)13-16(19)4/h7-8,13,17-18H,5-6,9-12,14H2,1-4H3,(H,22,25). The summed E-state index contributed by atoms with van der Waals surface area (Å²) in [4.78, 5) is 26.4. The molecule has 1 aromatic rings. The second-order valence-electron chi connectivity index (χ2n) is 7.23. The number of likely N-dealkylation sites (tertiary alicyclic amines) is 1. The van der Waals surface area contributed by atoms with E-state index in [0.717, 1.165) is 37.0 Å². The van der Waals surface area contributed by atoms with Crippen molar-refractivity contribution in [3.63, 3.8) is 0 Å². The van der Waals surface area contributed by atoms with Gasteiger partial charge in [-0.05, 0) is 51.2 Å². The van der Waals surface area contributed by atoms with Gasteiger partial charge in [0, 0.05) is 25.0 Å². The Bertz CT molecular complexity index is 618. The molecular weight excluding hydrogens is 328 g/mol. The molecule has 1 N–H and O–H groups in total. The highest BCUT2D eigenvalue weighted by molar-refractivity contribution is 5.79. The number of nitrogens with zero attached hydrogens (tertiary/aromatic N) is 1. The third kappa shape index (κ3) is 5.48. The minimum absolute atomic E-state index is 0.00902. The van der Waals surface area contributed by atoms with Crippen LogP contribution in [0.4, 0.5) is 0 Å². The molecule has 0 aliphatic carbocycles. The van der Waals surface area contributed by atoms with Gasteiger partial charge < -0.3 is 15.0 Å². The first-order valence-electron chi connectivity index (χ1n) is 9.72. The van der Waals surface area contributed by atoms with E-state index < -0.39 is 0 Å². The number of benzene rings is 1. The highest BCUT2D eigenvalue weighted by Crippen LogP contribution is 2.19. The van der Waals surface area contributed by atoms with Crippen LogP contribution in [0.2, 0.25) is 0 Å². The molecule has 1 aliphatic heterocycles. The van der Waals surface area contributed by atoms with Crippen LogP contribution in [0.25, 0.3) is 0 Å². The van der Waals surface area contributed by atoms with Crippen LogP contribution in [-0.2, 0) is 9.59 Å². The predicted molar refractivity (Wildman–Crippen MR) is 103 cm³/mol. The number of aryl methyl sites for hydroxylation is 2. The van der Waals surface area contributed by atoms with E-state index in [1.165, 1.54) is 5.56 Å². The summed E-state index contributed by atoms with van der Waals surface area (Å²) in [6, 6.07) is 6.12. The van der Waals surface area contributed by atoms with Crippen molar-refractivity contribution in [1.82, 2.24) is 10.2 Å². The summed E-state index contributed by atoms with van der Waals surface area (Å²) in [5.41, 5.74) is 2.22. The van der Waals surface area contributed by atoms with E-state index in [0.29, 0.717) is 13.1 Å². The van der Waals surface area contributed by atoms with E-state index in [9.17, 15) is 9.59 Å². The fourth-order valence-corrected chi connectivity index (χ4v) is 3.44. The van der Waals surface area contributed by atoms with Crippen molar-refractivity contribution in [2.24, 2.45) is 5.92 Å². The number of rotatable bonds is 7. The summed E-state index contributed by atoms with van der Waals surface area (Å²) >= 11 is 0. The minimum atomic E-state index is 0.00902. The quantitative estimate of drug-likeness (QED) is 0.812. The molecule has 26 heavy (non-hydrogen) atoms. The first-order valence-corrected chi connectivity index (χ1v) is 9.72. The number of hydrogen-bond acceptors (Lipinski definition) is 3. The third-order valence-corrected chi connectivity index (χ3v) is 5.23.